The molecular formula is C22H27NO4. The zero-order valence-corrected chi connectivity index (χ0v) is 16.2. The van der Waals surface area contributed by atoms with Gasteiger partial charge in [-0.25, -0.2) is 0 Å². The highest BCUT2D eigenvalue weighted by Crippen LogP contribution is 2.22. The molecule has 0 aliphatic carbocycles. The SMILES string of the molecule is CCc1cccc(CC)c1NC(=O)COC(=O)CCOc1ccc(C)cc1. The molecule has 144 valence electrons. The molecule has 1 N–H and O–H groups in total. The summed E-state index contributed by atoms with van der Waals surface area (Å²) in [7, 11) is 0. The molecule has 0 unspecified atom stereocenters. The van der Waals surface area contributed by atoms with Gasteiger partial charge in [0.05, 0.1) is 13.0 Å². The van der Waals surface area contributed by atoms with E-state index in [1.54, 1.807) is 0 Å². The van der Waals surface area contributed by atoms with Crippen LogP contribution in [0.25, 0.3) is 0 Å². The second-order valence-electron chi connectivity index (χ2n) is 6.28. The summed E-state index contributed by atoms with van der Waals surface area (Å²) in [6.07, 6.45) is 1.73. The number of benzene rings is 2. The van der Waals surface area contributed by atoms with Gasteiger partial charge in [-0.1, -0.05) is 49.7 Å². The number of nitrogens with one attached hydrogen (secondary N) is 1. The molecule has 2 aromatic rings. The first-order valence-electron chi connectivity index (χ1n) is 9.29. The van der Waals surface area contributed by atoms with Crippen molar-refractivity contribution in [3.63, 3.8) is 0 Å². The van der Waals surface area contributed by atoms with Gasteiger partial charge in [0, 0.05) is 5.69 Å². The van der Waals surface area contributed by atoms with Gasteiger partial charge in [0.25, 0.3) is 5.91 Å². The van der Waals surface area contributed by atoms with Crippen molar-refractivity contribution < 1.29 is 19.1 Å². The Morgan fingerprint density at radius 3 is 2.19 bits per heavy atom. The third-order valence-corrected chi connectivity index (χ3v) is 4.22. The Morgan fingerprint density at radius 1 is 0.963 bits per heavy atom. The topological polar surface area (TPSA) is 64.6 Å². The molecular weight excluding hydrogens is 342 g/mol. The third kappa shape index (κ3) is 6.44. The fourth-order valence-electron chi connectivity index (χ4n) is 2.68. The van der Waals surface area contributed by atoms with E-state index in [2.05, 4.69) is 5.32 Å². The lowest BCUT2D eigenvalue weighted by Crippen LogP contribution is -2.23. The Balaban J connectivity index is 1.76. The molecule has 1 amide bonds. The highest BCUT2D eigenvalue weighted by Gasteiger charge is 2.12. The largest absolute Gasteiger partial charge is 0.493 e. The number of aryl methyl sites for hydroxylation is 3. The second-order valence-corrected chi connectivity index (χ2v) is 6.28. The molecule has 27 heavy (non-hydrogen) atoms. The molecule has 0 aromatic heterocycles. The first kappa shape index (κ1) is 20.5. The van der Waals surface area contributed by atoms with Crippen LogP contribution in [0.4, 0.5) is 5.69 Å². The van der Waals surface area contributed by atoms with E-state index in [1.165, 1.54) is 0 Å². The molecule has 2 rings (SSSR count). The Hall–Kier alpha value is -2.82. The zero-order valence-electron chi connectivity index (χ0n) is 16.2. The minimum Gasteiger partial charge on any atom is -0.493 e. The van der Waals surface area contributed by atoms with Gasteiger partial charge < -0.3 is 14.8 Å². The minimum absolute atomic E-state index is 0.0902. The number of esters is 1. The highest BCUT2D eigenvalue weighted by molar-refractivity contribution is 5.94. The standard InChI is InChI=1S/C22H27NO4/c1-4-17-7-6-8-18(5-2)22(17)23-20(24)15-27-21(25)13-14-26-19-11-9-16(3)10-12-19/h6-12H,4-5,13-15H2,1-3H3,(H,23,24). The molecule has 0 saturated heterocycles. The highest BCUT2D eigenvalue weighted by atomic mass is 16.5. The van der Waals surface area contributed by atoms with Crippen LogP contribution in [0.2, 0.25) is 0 Å². The molecule has 0 atom stereocenters. The molecule has 0 radical (unpaired) electrons. The van der Waals surface area contributed by atoms with Crippen molar-refractivity contribution in [1.82, 2.24) is 0 Å². The van der Waals surface area contributed by atoms with Crippen molar-refractivity contribution in [2.24, 2.45) is 0 Å². The van der Waals surface area contributed by atoms with Crippen molar-refractivity contribution >= 4 is 17.6 Å². The van der Waals surface area contributed by atoms with Gasteiger partial charge >= 0.3 is 5.97 Å². The summed E-state index contributed by atoms with van der Waals surface area (Å²) in [5, 5.41) is 2.88. The summed E-state index contributed by atoms with van der Waals surface area (Å²) in [4.78, 5) is 24.0. The van der Waals surface area contributed by atoms with Crippen molar-refractivity contribution in [3.05, 3.63) is 59.2 Å². The van der Waals surface area contributed by atoms with E-state index in [4.69, 9.17) is 9.47 Å². The summed E-state index contributed by atoms with van der Waals surface area (Å²) in [5.41, 5.74) is 4.11. The van der Waals surface area contributed by atoms with Crippen molar-refractivity contribution in [2.75, 3.05) is 18.5 Å². The first-order valence-corrected chi connectivity index (χ1v) is 9.29. The van der Waals surface area contributed by atoms with Gasteiger partial charge in [-0.2, -0.15) is 0 Å². The maximum atomic E-state index is 12.2. The summed E-state index contributed by atoms with van der Waals surface area (Å²) < 4.78 is 10.5. The Kier molecular flexibility index (Phi) is 7.86. The number of amides is 1. The predicted molar refractivity (Wildman–Crippen MR) is 106 cm³/mol. The molecule has 0 fully saturated rings. The molecule has 0 saturated carbocycles. The van der Waals surface area contributed by atoms with E-state index in [-0.39, 0.29) is 25.5 Å². The molecule has 2 aromatic carbocycles. The van der Waals surface area contributed by atoms with Crippen LogP contribution in [0.1, 0.15) is 37.0 Å². The third-order valence-electron chi connectivity index (χ3n) is 4.22. The van der Waals surface area contributed by atoms with Crippen LogP contribution < -0.4 is 10.1 Å². The number of ether oxygens (including phenoxy) is 2. The fraction of sp³-hybridized carbons (Fsp3) is 0.364. The predicted octanol–water partition coefficient (Wildman–Crippen LogP) is 4.07. The number of anilines is 1. The van der Waals surface area contributed by atoms with Crippen LogP contribution in [0.5, 0.6) is 5.75 Å². The van der Waals surface area contributed by atoms with Crippen LogP contribution in [0, 0.1) is 6.92 Å². The van der Waals surface area contributed by atoms with Gasteiger partial charge in [0.2, 0.25) is 0 Å². The van der Waals surface area contributed by atoms with E-state index in [0.717, 1.165) is 35.2 Å². The van der Waals surface area contributed by atoms with Gasteiger partial charge in [0.1, 0.15) is 5.75 Å². The Labute approximate surface area is 160 Å². The second kappa shape index (κ2) is 10.4. The van der Waals surface area contributed by atoms with Crippen LogP contribution in [-0.4, -0.2) is 25.1 Å². The summed E-state index contributed by atoms with van der Waals surface area (Å²) in [6.45, 7) is 5.98. The van der Waals surface area contributed by atoms with Gasteiger partial charge in [0.15, 0.2) is 6.61 Å². The van der Waals surface area contributed by atoms with Crippen LogP contribution in [0.3, 0.4) is 0 Å². The van der Waals surface area contributed by atoms with E-state index < -0.39 is 5.97 Å². The average molecular weight is 369 g/mol. The maximum absolute atomic E-state index is 12.2. The minimum atomic E-state index is -0.461. The van der Waals surface area contributed by atoms with Gasteiger partial charge in [-0.15, -0.1) is 0 Å². The first-order chi connectivity index (χ1) is 13.0. The summed E-state index contributed by atoms with van der Waals surface area (Å²) >= 11 is 0. The molecule has 0 heterocycles. The Bertz CT molecular complexity index is 746. The van der Waals surface area contributed by atoms with E-state index in [0.29, 0.717) is 5.75 Å². The number of carbonyl (C=O) groups is 2. The molecule has 0 spiro atoms. The lowest BCUT2D eigenvalue weighted by atomic mass is 10.0. The number of para-hydroxylation sites is 1. The maximum Gasteiger partial charge on any atom is 0.309 e. The van der Waals surface area contributed by atoms with Gasteiger partial charge in [-0.3, -0.25) is 9.59 Å². The number of carbonyl (C=O) groups excluding carboxylic acids is 2. The lowest BCUT2D eigenvalue weighted by molar-refractivity contribution is -0.147. The number of rotatable bonds is 9. The number of hydrogen-bond donors (Lipinski definition) is 1. The summed E-state index contributed by atoms with van der Waals surface area (Å²) in [5.74, 6) is -0.0930. The normalized spacial score (nSPS) is 10.3. The molecule has 5 nitrogen and oxygen atoms in total. The summed E-state index contributed by atoms with van der Waals surface area (Å²) in [6, 6.07) is 13.6. The molecule has 0 aliphatic heterocycles. The van der Waals surface area contributed by atoms with Crippen LogP contribution in [-0.2, 0) is 27.2 Å². The fourth-order valence-corrected chi connectivity index (χ4v) is 2.68. The number of hydrogen-bond acceptors (Lipinski definition) is 4. The van der Waals surface area contributed by atoms with Crippen LogP contribution in [0.15, 0.2) is 42.5 Å². The average Bonchev–Trinajstić information content (AvgIpc) is 2.68. The van der Waals surface area contributed by atoms with E-state index in [9.17, 15) is 9.59 Å². The molecule has 5 heteroatoms. The quantitative estimate of drug-likeness (QED) is 0.677. The van der Waals surface area contributed by atoms with Crippen molar-refractivity contribution in [1.29, 1.82) is 0 Å². The van der Waals surface area contributed by atoms with Crippen molar-refractivity contribution in [2.45, 2.75) is 40.0 Å². The van der Waals surface area contributed by atoms with Crippen LogP contribution >= 0.6 is 0 Å². The van der Waals surface area contributed by atoms with E-state index in [1.807, 2.05) is 63.2 Å². The molecule has 0 bridgehead atoms. The smallest absolute Gasteiger partial charge is 0.309 e. The Morgan fingerprint density at radius 2 is 1.59 bits per heavy atom. The molecule has 0 aliphatic rings. The monoisotopic (exact) mass is 369 g/mol. The zero-order chi connectivity index (χ0) is 19.6. The van der Waals surface area contributed by atoms with E-state index >= 15 is 0 Å². The van der Waals surface area contributed by atoms with Crippen molar-refractivity contribution in [3.8, 4) is 5.75 Å². The van der Waals surface area contributed by atoms with Gasteiger partial charge in [-0.05, 0) is 43.0 Å². The lowest BCUT2D eigenvalue weighted by Gasteiger charge is -2.14.